The smallest absolute Gasteiger partial charge is 0.269 e. The zero-order valence-corrected chi connectivity index (χ0v) is 11.7. The lowest BCUT2D eigenvalue weighted by molar-refractivity contribution is -0.162. The number of likely N-dealkylation sites (tertiary alicyclic amines) is 1. The largest absolute Gasteiger partial charge is 0.487 e. The van der Waals surface area contributed by atoms with Crippen LogP contribution in [0.3, 0.4) is 0 Å². The highest BCUT2D eigenvalue weighted by Gasteiger charge is 2.47. The van der Waals surface area contributed by atoms with E-state index in [9.17, 15) is 4.79 Å². The number of amides is 1. The SMILES string of the molecule is CC1=NO[C@](C)(C(=O)N2CC(Oc3ccccc3)C2)C1. The fraction of sp³-hybridized carbons (Fsp3) is 0.467. The van der Waals surface area contributed by atoms with E-state index in [0.29, 0.717) is 19.5 Å². The van der Waals surface area contributed by atoms with Gasteiger partial charge in [-0.2, -0.15) is 0 Å². The third-order valence-corrected chi connectivity index (χ3v) is 3.63. The number of rotatable bonds is 3. The number of hydrogen-bond acceptors (Lipinski definition) is 4. The molecular weight excluding hydrogens is 256 g/mol. The fourth-order valence-electron chi connectivity index (χ4n) is 2.55. The minimum absolute atomic E-state index is 0.00832. The van der Waals surface area contributed by atoms with Crippen molar-refractivity contribution in [3.05, 3.63) is 30.3 Å². The van der Waals surface area contributed by atoms with E-state index in [2.05, 4.69) is 5.16 Å². The number of oxime groups is 1. The minimum atomic E-state index is -0.832. The molecule has 0 aliphatic carbocycles. The van der Waals surface area contributed by atoms with Crippen LogP contribution in [0.2, 0.25) is 0 Å². The van der Waals surface area contributed by atoms with Crippen LogP contribution in [-0.2, 0) is 9.63 Å². The Morgan fingerprint density at radius 2 is 2.10 bits per heavy atom. The summed E-state index contributed by atoms with van der Waals surface area (Å²) in [4.78, 5) is 19.4. The second-order valence-corrected chi connectivity index (χ2v) is 5.59. The lowest BCUT2D eigenvalue weighted by Gasteiger charge is -2.41. The van der Waals surface area contributed by atoms with E-state index in [1.54, 1.807) is 11.8 Å². The Labute approximate surface area is 118 Å². The third kappa shape index (κ3) is 2.35. The number of para-hydroxylation sites is 1. The number of ether oxygens (including phenoxy) is 1. The molecule has 1 aromatic rings. The van der Waals surface area contributed by atoms with Gasteiger partial charge in [-0.1, -0.05) is 23.4 Å². The maximum absolute atomic E-state index is 12.4. The van der Waals surface area contributed by atoms with E-state index >= 15 is 0 Å². The molecule has 1 atom stereocenters. The van der Waals surface area contributed by atoms with Crippen LogP contribution >= 0.6 is 0 Å². The van der Waals surface area contributed by atoms with Crippen molar-refractivity contribution in [1.82, 2.24) is 4.90 Å². The molecule has 3 rings (SSSR count). The molecule has 0 N–H and O–H groups in total. The highest BCUT2D eigenvalue weighted by atomic mass is 16.7. The topological polar surface area (TPSA) is 51.1 Å². The van der Waals surface area contributed by atoms with Crippen LogP contribution in [0.4, 0.5) is 0 Å². The molecule has 0 bridgehead atoms. The van der Waals surface area contributed by atoms with Crippen molar-refractivity contribution in [2.45, 2.75) is 32.0 Å². The summed E-state index contributed by atoms with van der Waals surface area (Å²) in [5, 5.41) is 3.88. The van der Waals surface area contributed by atoms with E-state index in [-0.39, 0.29) is 12.0 Å². The number of benzene rings is 1. The van der Waals surface area contributed by atoms with Crippen LogP contribution in [-0.4, -0.2) is 41.3 Å². The summed E-state index contributed by atoms with van der Waals surface area (Å²) in [5.41, 5.74) is 0.0281. The van der Waals surface area contributed by atoms with Crippen LogP contribution in [0.25, 0.3) is 0 Å². The van der Waals surface area contributed by atoms with Crippen LogP contribution in [0, 0.1) is 0 Å². The van der Waals surface area contributed by atoms with Gasteiger partial charge in [0.05, 0.1) is 18.8 Å². The predicted octanol–water partition coefficient (Wildman–Crippen LogP) is 1.83. The van der Waals surface area contributed by atoms with Crippen molar-refractivity contribution in [3.63, 3.8) is 0 Å². The molecule has 106 valence electrons. The van der Waals surface area contributed by atoms with Crippen molar-refractivity contribution >= 4 is 11.6 Å². The van der Waals surface area contributed by atoms with Gasteiger partial charge in [0.1, 0.15) is 11.9 Å². The van der Waals surface area contributed by atoms with Gasteiger partial charge in [0, 0.05) is 6.42 Å². The summed E-state index contributed by atoms with van der Waals surface area (Å²) in [7, 11) is 0. The van der Waals surface area contributed by atoms with Gasteiger partial charge in [-0.15, -0.1) is 0 Å². The van der Waals surface area contributed by atoms with Crippen molar-refractivity contribution in [1.29, 1.82) is 0 Å². The molecule has 2 heterocycles. The van der Waals surface area contributed by atoms with Gasteiger partial charge in [0.15, 0.2) is 0 Å². The first-order valence-corrected chi connectivity index (χ1v) is 6.79. The monoisotopic (exact) mass is 274 g/mol. The van der Waals surface area contributed by atoms with Gasteiger partial charge >= 0.3 is 0 Å². The first-order chi connectivity index (χ1) is 9.57. The molecule has 1 saturated heterocycles. The molecule has 1 fully saturated rings. The van der Waals surface area contributed by atoms with Crippen molar-refractivity contribution in [2.24, 2.45) is 5.16 Å². The summed E-state index contributed by atoms with van der Waals surface area (Å²) in [6.07, 6.45) is 0.625. The van der Waals surface area contributed by atoms with Crippen molar-refractivity contribution in [3.8, 4) is 5.75 Å². The Morgan fingerprint density at radius 1 is 1.40 bits per heavy atom. The minimum Gasteiger partial charge on any atom is -0.487 e. The molecule has 0 spiro atoms. The first kappa shape index (κ1) is 13.0. The van der Waals surface area contributed by atoms with Gasteiger partial charge in [-0.25, -0.2) is 0 Å². The molecule has 2 aliphatic heterocycles. The zero-order chi connectivity index (χ0) is 14.2. The van der Waals surface area contributed by atoms with Crippen LogP contribution in [0.5, 0.6) is 5.75 Å². The number of carbonyl (C=O) groups is 1. The van der Waals surface area contributed by atoms with Crippen LogP contribution in [0.1, 0.15) is 20.3 Å². The van der Waals surface area contributed by atoms with Crippen LogP contribution < -0.4 is 4.74 Å². The summed E-state index contributed by atoms with van der Waals surface area (Å²) in [5.74, 6) is 0.832. The van der Waals surface area contributed by atoms with Gasteiger partial charge < -0.3 is 14.5 Å². The summed E-state index contributed by atoms with van der Waals surface area (Å²) in [6.45, 7) is 4.87. The Hall–Kier alpha value is -2.04. The normalized spacial score (nSPS) is 25.7. The Balaban J connectivity index is 1.52. The molecule has 5 nitrogen and oxygen atoms in total. The average molecular weight is 274 g/mol. The maximum Gasteiger partial charge on any atom is 0.269 e. The van der Waals surface area contributed by atoms with E-state index < -0.39 is 5.60 Å². The Bertz CT molecular complexity index is 537. The molecule has 0 aromatic heterocycles. The van der Waals surface area contributed by atoms with E-state index in [1.165, 1.54) is 0 Å². The average Bonchev–Trinajstić information content (AvgIpc) is 2.75. The lowest BCUT2D eigenvalue weighted by atomic mass is 9.96. The molecule has 0 radical (unpaired) electrons. The molecule has 0 saturated carbocycles. The second-order valence-electron chi connectivity index (χ2n) is 5.59. The molecule has 1 amide bonds. The van der Waals surface area contributed by atoms with E-state index in [1.807, 2.05) is 37.3 Å². The van der Waals surface area contributed by atoms with Crippen molar-refractivity contribution < 1.29 is 14.4 Å². The molecular formula is C15H18N2O3. The molecule has 20 heavy (non-hydrogen) atoms. The highest BCUT2D eigenvalue weighted by molar-refractivity contribution is 5.94. The number of hydrogen-bond donors (Lipinski definition) is 0. The standard InChI is InChI=1S/C15H18N2O3/c1-11-8-15(2,20-16-11)14(18)17-9-13(10-17)19-12-6-4-3-5-7-12/h3-7,13H,8-10H2,1-2H3/t15-/m0/s1. The Kier molecular flexibility index (Phi) is 3.12. The molecule has 5 heteroatoms. The molecule has 0 unspecified atom stereocenters. The van der Waals surface area contributed by atoms with Gasteiger partial charge in [0.2, 0.25) is 5.60 Å². The predicted molar refractivity (Wildman–Crippen MR) is 74.7 cm³/mol. The quantitative estimate of drug-likeness (QED) is 0.845. The fourth-order valence-corrected chi connectivity index (χ4v) is 2.55. The lowest BCUT2D eigenvalue weighted by Crippen LogP contribution is -2.61. The number of nitrogens with zero attached hydrogens (tertiary/aromatic N) is 2. The first-order valence-electron chi connectivity index (χ1n) is 6.79. The highest BCUT2D eigenvalue weighted by Crippen LogP contribution is 2.28. The summed E-state index contributed by atoms with van der Waals surface area (Å²) in [6, 6.07) is 9.66. The van der Waals surface area contributed by atoms with Crippen LogP contribution in [0.15, 0.2) is 35.5 Å². The van der Waals surface area contributed by atoms with E-state index in [4.69, 9.17) is 9.57 Å². The number of carbonyl (C=O) groups excluding carboxylic acids is 1. The van der Waals surface area contributed by atoms with Gasteiger partial charge in [-0.05, 0) is 26.0 Å². The second kappa shape index (κ2) is 4.81. The van der Waals surface area contributed by atoms with Gasteiger partial charge in [-0.3, -0.25) is 4.79 Å². The maximum atomic E-state index is 12.4. The summed E-state index contributed by atoms with van der Waals surface area (Å²) < 4.78 is 5.78. The third-order valence-electron chi connectivity index (χ3n) is 3.63. The Morgan fingerprint density at radius 3 is 2.70 bits per heavy atom. The molecule has 1 aromatic carbocycles. The van der Waals surface area contributed by atoms with E-state index in [0.717, 1.165) is 11.5 Å². The zero-order valence-electron chi connectivity index (χ0n) is 11.7. The molecule has 2 aliphatic rings. The van der Waals surface area contributed by atoms with Crippen molar-refractivity contribution in [2.75, 3.05) is 13.1 Å². The van der Waals surface area contributed by atoms with Gasteiger partial charge in [0.25, 0.3) is 5.91 Å². The summed E-state index contributed by atoms with van der Waals surface area (Å²) >= 11 is 0.